The minimum absolute atomic E-state index is 0. The zero-order chi connectivity index (χ0) is 36.7. The van der Waals surface area contributed by atoms with Crippen LogP contribution in [0.4, 0.5) is 0 Å². The van der Waals surface area contributed by atoms with Gasteiger partial charge in [0.25, 0.3) is 0 Å². The summed E-state index contributed by atoms with van der Waals surface area (Å²) in [6, 6.07) is 23.5. The van der Waals surface area contributed by atoms with Crippen LogP contribution in [-0.4, -0.2) is 0 Å². The van der Waals surface area contributed by atoms with Gasteiger partial charge in [0.05, 0.1) is 0 Å². The molecule has 53 heavy (non-hydrogen) atoms. The number of hydrogen-bond acceptors (Lipinski definition) is 0. The van der Waals surface area contributed by atoms with Gasteiger partial charge in [0.1, 0.15) is 0 Å². The average molecular weight is 822 g/mol. The van der Waals surface area contributed by atoms with Gasteiger partial charge in [0.2, 0.25) is 0 Å². The fourth-order valence-electron chi connectivity index (χ4n) is 8.29. The third-order valence-corrected chi connectivity index (χ3v) is 10.7. The van der Waals surface area contributed by atoms with Crippen molar-refractivity contribution in [3.8, 4) is 0 Å². The topological polar surface area (TPSA) is 0 Å². The molecule has 0 spiro atoms. The molecule has 0 unspecified atom stereocenters. The van der Waals surface area contributed by atoms with Crippen molar-refractivity contribution in [1.29, 1.82) is 0 Å². The van der Waals surface area contributed by atoms with Crippen molar-refractivity contribution >= 4 is 17.2 Å². The largest absolute Gasteiger partial charge is 3.00 e. The monoisotopic (exact) mass is 819 g/mol. The van der Waals surface area contributed by atoms with E-state index in [1.54, 1.807) is 0 Å². The second-order valence-corrected chi connectivity index (χ2v) is 19.2. The van der Waals surface area contributed by atoms with Crippen LogP contribution >= 0.6 is 0 Å². The smallest absolute Gasteiger partial charge is 1.00 e. The van der Waals surface area contributed by atoms with E-state index >= 15 is 0 Å². The fraction of sp³-hybridized carbons (Fsp3) is 0.400. The SMILES string of the molecule is CC1=C(c2c(C(C)(C)C)c(C(C)(C)C)c(=C(c3ccc(C)cc3)c3ccc(C)cc3)c3c2[C-]=c2cc(C(C)(C)C)c(C(C)(C)C)cc2=3)CC=C1.[Cl-].[Cl-].[Zr+3]. The molecule has 2 aliphatic rings. The molecule has 277 valence electrons. The Morgan fingerprint density at radius 3 is 1.43 bits per heavy atom. The van der Waals surface area contributed by atoms with Crippen LogP contribution in [0.5, 0.6) is 0 Å². The first-order chi connectivity index (χ1) is 23.1. The van der Waals surface area contributed by atoms with Crippen LogP contribution in [0.1, 0.15) is 152 Å². The molecule has 2 aliphatic carbocycles. The molecular weight excluding hydrogens is 763 g/mol. The number of halogens is 2. The molecule has 4 aromatic rings. The Labute approximate surface area is 352 Å². The summed E-state index contributed by atoms with van der Waals surface area (Å²) >= 11 is 0. The van der Waals surface area contributed by atoms with Crippen LogP contribution < -0.4 is 35.3 Å². The maximum Gasteiger partial charge on any atom is 3.00 e. The third-order valence-electron chi connectivity index (χ3n) is 10.7. The molecule has 6 rings (SSSR count). The van der Waals surface area contributed by atoms with Gasteiger partial charge >= 0.3 is 26.2 Å². The standard InChI is InChI=1S/C50H59.2ClH.Zr/c1-30-19-23-33(24-20-30)41(34-25-21-31(2)22-26-34)44-42-37-29-40(48(7,8)9)39(47(4,5)6)28-35(37)27-38(42)43(36-18-16-17-32(36)3)45(49(10,11)12)46(44)50(13,14)15;;;/h16-17,19-26,28-29H,18H2,1-15H3;2*1H;/q-1;;;+3/p-2. The van der Waals surface area contributed by atoms with Crippen molar-refractivity contribution < 1.29 is 51.0 Å². The third kappa shape index (κ3) is 8.40. The van der Waals surface area contributed by atoms with Gasteiger partial charge in [-0.2, -0.15) is 0 Å². The maximum atomic E-state index is 4.17. The molecule has 0 N–H and O–H groups in total. The van der Waals surface area contributed by atoms with E-state index in [0.29, 0.717) is 0 Å². The number of benzene rings is 4. The van der Waals surface area contributed by atoms with E-state index in [1.807, 2.05) is 0 Å². The summed E-state index contributed by atoms with van der Waals surface area (Å²) in [6.45, 7) is 35.4. The van der Waals surface area contributed by atoms with E-state index in [2.05, 4.69) is 183 Å². The minimum atomic E-state index is -0.149. The Balaban J connectivity index is 0.00000252. The summed E-state index contributed by atoms with van der Waals surface area (Å²) in [5.41, 5.74) is 17.3. The Morgan fingerprint density at radius 1 is 0.585 bits per heavy atom. The Morgan fingerprint density at radius 2 is 1.04 bits per heavy atom. The van der Waals surface area contributed by atoms with Gasteiger partial charge in [-0.1, -0.05) is 194 Å². The summed E-state index contributed by atoms with van der Waals surface area (Å²) in [7, 11) is 0. The molecule has 0 amide bonds. The Kier molecular flexibility index (Phi) is 13.2. The molecule has 0 atom stereocenters. The minimum Gasteiger partial charge on any atom is -1.00 e. The van der Waals surface area contributed by atoms with E-state index in [4.69, 9.17) is 0 Å². The van der Waals surface area contributed by atoms with E-state index < -0.39 is 0 Å². The van der Waals surface area contributed by atoms with E-state index in [0.717, 1.165) is 6.42 Å². The fourth-order valence-corrected chi connectivity index (χ4v) is 8.29. The number of fused-ring (bicyclic) bond motifs is 2. The molecule has 0 saturated carbocycles. The molecule has 0 nitrogen and oxygen atoms in total. The molecule has 0 saturated heterocycles. The second-order valence-electron chi connectivity index (χ2n) is 19.2. The first-order valence-electron chi connectivity index (χ1n) is 18.7. The molecule has 1 radical (unpaired) electrons. The molecule has 0 aliphatic heterocycles. The van der Waals surface area contributed by atoms with Gasteiger partial charge in [-0.15, -0.1) is 33.4 Å². The molecule has 0 bridgehead atoms. The predicted octanol–water partition coefficient (Wildman–Crippen LogP) is 5.79. The molecule has 4 aromatic carbocycles. The maximum absolute atomic E-state index is 4.17. The van der Waals surface area contributed by atoms with E-state index in [9.17, 15) is 0 Å². The molecule has 0 heterocycles. The second kappa shape index (κ2) is 15.6. The zero-order valence-corrected chi connectivity index (χ0v) is 38.9. The number of rotatable bonds is 3. The number of allylic oxidation sites excluding steroid dienone is 4. The molecule has 3 heteroatoms. The van der Waals surface area contributed by atoms with Crippen LogP contribution in [0.3, 0.4) is 0 Å². The predicted molar refractivity (Wildman–Crippen MR) is 217 cm³/mol. The van der Waals surface area contributed by atoms with Gasteiger partial charge in [0.15, 0.2) is 0 Å². The van der Waals surface area contributed by atoms with Gasteiger partial charge < -0.3 is 24.8 Å². The van der Waals surface area contributed by atoms with Crippen molar-refractivity contribution in [3.05, 3.63) is 155 Å². The van der Waals surface area contributed by atoms with E-state index in [-0.39, 0.29) is 72.7 Å². The van der Waals surface area contributed by atoms with Crippen molar-refractivity contribution in [2.75, 3.05) is 0 Å². The van der Waals surface area contributed by atoms with Crippen molar-refractivity contribution in [3.63, 3.8) is 0 Å². The normalized spacial score (nSPS) is 13.8. The molecular formula is C50H59Cl2Zr. The summed E-state index contributed by atoms with van der Waals surface area (Å²) in [5.74, 6) is 0. The first-order valence-corrected chi connectivity index (χ1v) is 18.7. The van der Waals surface area contributed by atoms with Crippen molar-refractivity contribution in [2.45, 2.75) is 132 Å². The van der Waals surface area contributed by atoms with Gasteiger partial charge in [-0.3, -0.25) is 0 Å². The van der Waals surface area contributed by atoms with Crippen LogP contribution in [0.15, 0.2) is 78.4 Å². The molecule has 0 fully saturated rings. The summed E-state index contributed by atoms with van der Waals surface area (Å²) in [4.78, 5) is 0. The van der Waals surface area contributed by atoms with Crippen LogP contribution in [0.25, 0.3) is 17.2 Å². The average Bonchev–Trinajstić information content (AvgIpc) is 3.59. The van der Waals surface area contributed by atoms with Crippen molar-refractivity contribution in [2.24, 2.45) is 0 Å². The van der Waals surface area contributed by atoms with Crippen molar-refractivity contribution in [1.82, 2.24) is 0 Å². The van der Waals surface area contributed by atoms with E-state index in [1.165, 1.54) is 93.2 Å². The summed E-state index contributed by atoms with van der Waals surface area (Å²) in [6.07, 6.45) is 9.80. The Hall–Kier alpha value is -2.44. The van der Waals surface area contributed by atoms with Crippen LogP contribution in [-0.2, 0) is 47.9 Å². The Bertz CT molecular complexity index is 2260. The molecule has 0 aromatic heterocycles. The van der Waals surface area contributed by atoms with Gasteiger partial charge in [-0.25, -0.2) is 0 Å². The van der Waals surface area contributed by atoms with Crippen LogP contribution in [0.2, 0.25) is 0 Å². The van der Waals surface area contributed by atoms with Crippen LogP contribution in [0, 0.1) is 24.3 Å². The van der Waals surface area contributed by atoms with Gasteiger partial charge in [0, 0.05) is 0 Å². The summed E-state index contributed by atoms with van der Waals surface area (Å²) in [5, 5.41) is 5.26. The number of hydrogen-bond donors (Lipinski definition) is 0. The zero-order valence-electron chi connectivity index (χ0n) is 34.9. The quantitative estimate of drug-likeness (QED) is 0.203. The number of aryl methyl sites for hydroxylation is 2. The first kappa shape index (κ1) is 45.0. The summed E-state index contributed by atoms with van der Waals surface area (Å²) < 4.78 is 0. The van der Waals surface area contributed by atoms with Gasteiger partial charge in [-0.05, 0) is 76.3 Å².